The van der Waals surface area contributed by atoms with Gasteiger partial charge < -0.3 is 4.74 Å². The number of benzene rings is 1. The normalized spacial score (nSPS) is 9.80. The van der Waals surface area contributed by atoms with Gasteiger partial charge in [0, 0.05) is 5.56 Å². The molecule has 0 radical (unpaired) electrons. The first-order chi connectivity index (χ1) is 7.10. The smallest absolute Gasteiger partial charge is 0.338 e. The summed E-state index contributed by atoms with van der Waals surface area (Å²) < 4.78 is 17.9. The molecule has 0 aliphatic rings. The van der Waals surface area contributed by atoms with Crippen LogP contribution in [0, 0.1) is 5.82 Å². The number of rotatable bonds is 3. The average molecular weight is 275 g/mol. The van der Waals surface area contributed by atoms with E-state index in [1.165, 1.54) is 6.07 Å². The summed E-state index contributed by atoms with van der Waals surface area (Å²) in [4.78, 5) is 22.0. The van der Waals surface area contributed by atoms with E-state index in [2.05, 4.69) is 15.9 Å². The third-order valence-corrected chi connectivity index (χ3v) is 2.32. The minimum atomic E-state index is -0.639. The van der Waals surface area contributed by atoms with Crippen LogP contribution < -0.4 is 0 Å². The number of hydrogen-bond acceptors (Lipinski definition) is 3. The van der Waals surface area contributed by atoms with Crippen LogP contribution in [0.15, 0.2) is 16.6 Å². The van der Waals surface area contributed by atoms with Crippen LogP contribution in [0.25, 0.3) is 0 Å². The lowest BCUT2D eigenvalue weighted by Crippen LogP contribution is -2.08. The van der Waals surface area contributed by atoms with Crippen LogP contribution in [-0.4, -0.2) is 18.9 Å². The molecule has 0 aliphatic carbocycles. The van der Waals surface area contributed by atoms with Crippen molar-refractivity contribution in [2.45, 2.75) is 6.92 Å². The van der Waals surface area contributed by atoms with Crippen molar-refractivity contribution in [1.82, 2.24) is 0 Å². The van der Waals surface area contributed by atoms with Gasteiger partial charge in [0.1, 0.15) is 5.82 Å². The molecule has 0 spiro atoms. The second-order valence-corrected chi connectivity index (χ2v) is 3.55. The molecule has 0 N–H and O–H groups in total. The van der Waals surface area contributed by atoms with Gasteiger partial charge in [0.2, 0.25) is 0 Å². The summed E-state index contributed by atoms with van der Waals surface area (Å²) in [5, 5.41) is 0. The molecule has 0 saturated heterocycles. The molecule has 1 rings (SSSR count). The van der Waals surface area contributed by atoms with Gasteiger partial charge >= 0.3 is 5.97 Å². The van der Waals surface area contributed by atoms with Gasteiger partial charge in [0.05, 0.1) is 16.6 Å². The van der Waals surface area contributed by atoms with Crippen LogP contribution in [-0.2, 0) is 4.74 Å². The fourth-order valence-electron chi connectivity index (χ4n) is 1.05. The minimum Gasteiger partial charge on any atom is -0.462 e. The van der Waals surface area contributed by atoms with Crippen LogP contribution in [0.2, 0.25) is 0 Å². The first-order valence-corrected chi connectivity index (χ1v) is 5.00. The van der Waals surface area contributed by atoms with Crippen LogP contribution >= 0.6 is 15.9 Å². The van der Waals surface area contributed by atoms with E-state index in [0.717, 1.165) is 6.07 Å². The van der Waals surface area contributed by atoms with Crippen molar-refractivity contribution in [1.29, 1.82) is 0 Å². The van der Waals surface area contributed by atoms with Crippen molar-refractivity contribution in [3.05, 3.63) is 33.5 Å². The number of aldehydes is 1. The van der Waals surface area contributed by atoms with Gasteiger partial charge in [-0.25, -0.2) is 9.18 Å². The van der Waals surface area contributed by atoms with E-state index in [1.807, 2.05) is 0 Å². The van der Waals surface area contributed by atoms with Gasteiger partial charge in [0.25, 0.3) is 0 Å². The third-order valence-electron chi connectivity index (χ3n) is 1.71. The van der Waals surface area contributed by atoms with E-state index >= 15 is 0 Å². The summed E-state index contributed by atoms with van der Waals surface area (Å²) >= 11 is 2.93. The zero-order valence-corrected chi connectivity index (χ0v) is 9.51. The fraction of sp³-hybridized carbons (Fsp3) is 0.200. The van der Waals surface area contributed by atoms with E-state index in [0.29, 0.717) is 6.29 Å². The zero-order chi connectivity index (χ0) is 11.4. The summed E-state index contributed by atoms with van der Waals surface area (Å²) in [6, 6.07) is 2.22. The zero-order valence-electron chi connectivity index (χ0n) is 7.92. The Kier molecular flexibility index (Phi) is 3.96. The molecule has 0 unspecified atom stereocenters. The average Bonchev–Trinajstić information content (AvgIpc) is 2.21. The van der Waals surface area contributed by atoms with Crippen molar-refractivity contribution in [2.75, 3.05) is 6.61 Å². The third kappa shape index (κ3) is 2.62. The van der Waals surface area contributed by atoms with Crippen molar-refractivity contribution in [2.24, 2.45) is 0 Å². The summed E-state index contributed by atoms with van der Waals surface area (Å²) in [6.45, 7) is 1.85. The topological polar surface area (TPSA) is 43.4 Å². The molecule has 0 bridgehead atoms. The largest absolute Gasteiger partial charge is 0.462 e. The molecular weight excluding hydrogens is 267 g/mol. The van der Waals surface area contributed by atoms with Crippen molar-refractivity contribution >= 4 is 28.2 Å². The van der Waals surface area contributed by atoms with Crippen molar-refractivity contribution in [3.63, 3.8) is 0 Å². The monoisotopic (exact) mass is 274 g/mol. The molecule has 0 atom stereocenters. The summed E-state index contributed by atoms with van der Waals surface area (Å²) in [7, 11) is 0. The van der Waals surface area contributed by atoms with Crippen molar-refractivity contribution < 1.29 is 18.7 Å². The second-order valence-electron chi connectivity index (χ2n) is 2.69. The first-order valence-electron chi connectivity index (χ1n) is 4.21. The Bertz CT molecular complexity index is 404. The molecule has 0 saturated carbocycles. The maximum atomic E-state index is 13.0. The molecule has 3 nitrogen and oxygen atoms in total. The minimum absolute atomic E-state index is 0.0193. The SMILES string of the molecule is CCOC(=O)c1cc(Br)c(F)cc1C=O. The molecule has 0 aliphatic heterocycles. The Hall–Kier alpha value is -1.23. The molecule has 0 amide bonds. The maximum Gasteiger partial charge on any atom is 0.338 e. The number of ether oxygens (including phenoxy) is 1. The lowest BCUT2D eigenvalue weighted by atomic mass is 10.1. The molecular formula is C10H8BrFO3. The van der Waals surface area contributed by atoms with E-state index in [1.54, 1.807) is 6.92 Å². The molecule has 5 heteroatoms. The lowest BCUT2D eigenvalue weighted by Gasteiger charge is -2.05. The lowest BCUT2D eigenvalue weighted by molar-refractivity contribution is 0.0524. The van der Waals surface area contributed by atoms with Crippen molar-refractivity contribution in [3.8, 4) is 0 Å². The Morgan fingerprint density at radius 3 is 2.80 bits per heavy atom. The second kappa shape index (κ2) is 5.02. The van der Waals surface area contributed by atoms with Gasteiger partial charge in [-0.1, -0.05) is 0 Å². The van der Waals surface area contributed by atoms with E-state index in [9.17, 15) is 14.0 Å². The van der Waals surface area contributed by atoms with Gasteiger partial charge in [-0.15, -0.1) is 0 Å². The van der Waals surface area contributed by atoms with Gasteiger partial charge in [-0.3, -0.25) is 4.79 Å². The standard InChI is InChI=1S/C10H8BrFO3/c1-2-15-10(14)7-4-8(11)9(12)3-6(7)5-13/h3-5H,2H2,1H3. The highest BCUT2D eigenvalue weighted by molar-refractivity contribution is 9.10. The summed E-state index contributed by atoms with van der Waals surface area (Å²) in [5.41, 5.74) is 0.0364. The Morgan fingerprint density at radius 1 is 1.60 bits per heavy atom. The maximum absolute atomic E-state index is 13.0. The van der Waals surface area contributed by atoms with Gasteiger partial charge in [-0.05, 0) is 35.0 Å². The first kappa shape index (κ1) is 11.8. The molecule has 15 heavy (non-hydrogen) atoms. The van der Waals surface area contributed by atoms with Crippen LogP contribution in [0.1, 0.15) is 27.6 Å². The Labute approximate surface area is 94.4 Å². The van der Waals surface area contributed by atoms with Gasteiger partial charge in [-0.2, -0.15) is 0 Å². The highest BCUT2D eigenvalue weighted by atomic mass is 79.9. The molecule has 0 fully saturated rings. The van der Waals surface area contributed by atoms with Crippen LogP contribution in [0.3, 0.4) is 0 Å². The highest BCUT2D eigenvalue weighted by Crippen LogP contribution is 2.20. The number of carbonyl (C=O) groups excluding carboxylic acids is 2. The number of halogens is 2. The predicted molar refractivity (Wildman–Crippen MR) is 55.4 cm³/mol. The fourth-order valence-corrected chi connectivity index (χ4v) is 1.39. The molecule has 1 aromatic carbocycles. The molecule has 80 valence electrons. The molecule has 0 heterocycles. The summed E-state index contributed by atoms with van der Waals surface area (Å²) in [5.74, 6) is -1.23. The predicted octanol–water partition coefficient (Wildman–Crippen LogP) is 2.58. The number of hydrogen-bond donors (Lipinski definition) is 0. The van der Waals surface area contributed by atoms with Gasteiger partial charge in [0.15, 0.2) is 6.29 Å². The molecule has 1 aromatic rings. The Balaban J connectivity index is 3.21. The van der Waals surface area contributed by atoms with Crippen LogP contribution in [0.5, 0.6) is 0 Å². The Morgan fingerprint density at radius 2 is 2.27 bits per heavy atom. The summed E-state index contributed by atoms with van der Waals surface area (Å²) in [6.07, 6.45) is 0.418. The quantitative estimate of drug-likeness (QED) is 0.629. The van der Waals surface area contributed by atoms with E-state index in [4.69, 9.17) is 4.74 Å². The van der Waals surface area contributed by atoms with E-state index < -0.39 is 11.8 Å². The molecule has 0 aromatic heterocycles. The highest BCUT2D eigenvalue weighted by Gasteiger charge is 2.15. The van der Waals surface area contributed by atoms with Crippen LogP contribution in [0.4, 0.5) is 4.39 Å². The number of carbonyl (C=O) groups is 2. The van der Waals surface area contributed by atoms with E-state index in [-0.39, 0.29) is 22.2 Å². The number of esters is 1.